The van der Waals surface area contributed by atoms with E-state index in [2.05, 4.69) is 0 Å². The van der Waals surface area contributed by atoms with Crippen molar-refractivity contribution in [3.05, 3.63) is 35.6 Å². The van der Waals surface area contributed by atoms with Gasteiger partial charge in [0.05, 0.1) is 6.04 Å². The number of hydrogen-bond acceptors (Lipinski definition) is 4. The van der Waals surface area contributed by atoms with Gasteiger partial charge >= 0.3 is 11.9 Å². The predicted octanol–water partition coefficient (Wildman–Crippen LogP) is 1.87. The first-order chi connectivity index (χ1) is 9.11. The molecule has 110 valence electrons. The van der Waals surface area contributed by atoms with Crippen molar-refractivity contribution in [2.24, 2.45) is 11.7 Å². The van der Waals surface area contributed by atoms with Gasteiger partial charge < -0.3 is 15.6 Å². The van der Waals surface area contributed by atoms with E-state index in [9.17, 15) is 19.1 Å². The molecule has 0 aliphatic carbocycles. The van der Waals surface area contributed by atoms with Crippen LogP contribution in [0.5, 0.6) is 0 Å². The van der Waals surface area contributed by atoms with Gasteiger partial charge in [-0.3, -0.25) is 9.59 Å². The molecule has 0 heterocycles. The van der Waals surface area contributed by atoms with Crippen molar-refractivity contribution in [3.63, 3.8) is 0 Å². The average Bonchev–Trinajstić information content (AvgIpc) is 2.26. The average molecular weight is 283 g/mol. The van der Waals surface area contributed by atoms with E-state index >= 15 is 0 Å². The molecule has 3 N–H and O–H groups in total. The third-order valence-corrected chi connectivity index (χ3v) is 2.54. The van der Waals surface area contributed by atoms with Crippen LogP contribution in [0.25, 0.3) is 0 Å². The second-order valence-electron chi connectivity index (χ2n) is 5.43. The number of rotatable bonds is 4. The lowest BCUT2D eigenvalue weighted by molar-refractivity contribution is -0.167. The molecule has 0 fully saturated rings. The zero-order valence-corrected chi connectivity index (χ0v) is 11.6. The maximum absolute atomic E-state index is 12.8. The first-order valence-corrected chi connectivity index (χ1v) is 6.08. The lowest BCUT2D eigenvalue weighted by Crippen LogP contribution is -2.39. The van der Waals surface area contributed by atoms with E-state index in [-0.39, 0.29) is 0 Å². The van der Waals surface area contributed by atoms with Gasteiger partial charge in [-0.2, -0.15) is 0 Å². The lowest BCUT2D eigenvalue weighted by Gasteiger charge is -2.25. The van der Waals surface area contributed by atoms with Gasteiger partial charge in [0, 0.05) is 0 Å². The fourth-order valence-corrected chi connectivity index (χ4v) is 1.64. The largest absolute Gasteiger partial charge is 0.481 e. The third kappa shape index (κ3) is 4.31. The summed E-state index contributed by atoms with van der Waals surface area (Å²) >= 11 is 0. The van der Waals surface area contributed by atoms with Crippen LogP contribution in [0.1, 0.15) is 32.4 Å². The quantitative estimate of drug-likeness (QED) is 0.650. The maximum Gasteiger partial charge on any atom is 0.322 e. The van der Waals surface area contributed by atoms with E-state index in [1.165, 1.54) is 12.1 Å². The topological polar surface area (TPSA) is 89.6 Å². The number of halogens is 1. The Balaban J connectivity index is 2.99. The summed E-state index contributed by atoms with van der Waals surface area (Å²) in [5, 5.41) is 9.17. The van der Waals surface area contributed by atoms with Crippen LogP contribution in [0.4, 0.5) is 4.39 Å². The Morgan fingerprint density at radius 3 is 2.15 bits per heavy atom. The van der Waals surface area contributed by atoms with Crippen molar-refractivity contribution in [2.75, 3.05) is 0 Å². The summed E-state index contributed by atoms with van der Waals surface area (Å²) in [7, 11) is 0. The van der Waals surface area contributed by atoms with Crippen LogP contribution in [-0.2, 0) is 14.3 Å². The molecule has 0 aromatic heterocycles. The van der Waals surface area contributed by atoms with Crippen LogP contribution < -0.4 is 5.73 Å². The number of hydrogen-bond donors (Lipinski definition) is 2. The molecule has 1 aromatic carbocycles. The number of ether oxygens (including phenoxy) is 1. The molecule has 2 unspecified atom stereocenters. The zero-order chi connectivity index (χ0) is 15.5. The molecule has 0 saturated carbocycles. The van der Waals surface area contributed by atoms with Gasteiger partial charge in [-0.05, 0) is 38.5 Å². The predicted molar refractivity (Wildman–Crippen MR) is 70.3 cm³/mol. The third-order valence-electron chi connectivity index (χ3n) is 2.54. The Bertz CT molecular complexity index is 493. The maximum atomic E-state index is 12.8. The van der Waals surface area contributed by atoms with Crippen molar-refractivity contribution < 1.29 is 23.8 Å². The highest BCUT2D eigenvalue weighted by Crippen LogP contribution is 2.23. The molecule has 2 atom stereocenters. The van der Waals surface area contributed by atoms with Gasteiger partial charge in [0.2, 0.25) is 0 Å². The molecule has 0 amide bonds. The van der Waals surface area contributed by atoms with E-state index in [4.69, 9.17) is 10.5 Å². The summed E-state index contributed by atoms with van der Waals surface area (Å²) < 4.78 is 17.9. The van der Waals surface area contributed by atoms with E-state index in [1.54, 1.807) is 20.8 Å². The highest BCUT2D eigenvalue weighted by atomic mass is 19.1. The molecular weight excluding hydrogens is 265 g/mol. The van der Waals surface area contributed by atoms with Crippen LogP contribution in [0.2, 0.25) is 0 Å². The number of carbonyl (C=O) groups excluding carboxylic acids is 1. The van der Waals surface area contributed by atoms with Gasteiger partial charge in [-0.1, -0.05) is 12.1 Å². The number of carboxylic acids is 1. The van der Waals surface area contributed by atoms with Gasteiger partial charge in [0.1, 0.15) is 11.4 Å². The van der Waals surface area contributed by atoms with Crippen molar-refractivity contribution >= 4 is 11.9 Å². The molecule has 0 bridgehead atoms. The monoisotopic (exact) mass is 283 g/mol. The number of benzene rings is 1. The normalized spacial score (nSPS) is 14.4. The molecule has 1 aromatic rings. The SMILES string of the molecule is CC(C)(C)OC(=O)C(C(=O)O)C(N)c1ccc(F)cc1. The van der Waals surface area contributed by atoms with Crippen LogP contribution in [0.3, 0.4) is 0 Å². The highest BCUT2D eigenvalue weighted by molar-refractivity contribution is 5.95. The second-order valence-corrected chi connectivity index (χ2v) is 5.43. The fourth-order valence-electron chi connectivity index (χ4n) is 1.64. The number of aliphatic carboxylic acids is 1. The van der Waals surface area contributed by atoms with Gasteiger partial charge in [0.25, 0.3) is 0 Å². The molecule has 5 nitrogen and oxygen atoms in total. The Hall–Kier alpha value is -1.95. The van der Waals surface area contributed by atoms with E-state index in [1.807, 2.05) is 0 Å². The standard InChI is InChI=1S/C14H18FNO4/c1-14(2,3)20-13(19)10(12(17)18)11(16)8-4-6-9(15)7-5-8/h4-7,10-11H,16H2,1-3H3,(H,17,18). The van der Waals surface area contributed by atoms with Crippen LogP contribution in [0.15, 0.2) is 24.3 Å². The smallest absolute Gasteiger partial charge is 0.322 e. The molecule has 0 aliphatic rings. The van der Waals surface area contributed by atoms with Crippen LogP contribution >= 0.6 is 0 Å². The lowest BCUT2D eigenvalue weighted by atomic mass is 9.93. The Morgan fingerprint density at radius 2 is 1.75 bits per heavy atom. The second kappa shape index (κ2) is 6.00. The molecule has 6 heteroatoms. The van der Waals surface area contributed by atoms with Crippen molar-refractivity contribution in [1.82, 2.24) is 0 Å². The van der Waals surface area contributed by atoms with Crippen molar-refractivity contribution in [3.8, 4) is 0 Å². The van der Waals surface area contributed by atoms with E-state index in [0.717, 1.165) is 12.1 Å². The number of carboxylic acid groups (broad SMARTS) is 1. The minimum absolute atomic E-state index is 0.352. The molecule has 0 radical (unpaired) electrons. The van der Waals surface area contributed by atoms with Crippen molar-refractivity contribution in [1.29, 1.82) is 0 Å². The molecule has 0 aliphatic heterocycles. The number of nitrogens with two attached hydrogens (primary N) is 1. The fraction of sp³-hybridized carbons (Fsp3) is 0.429. The highest BCUT2D eigenvalue weighted by Gasteiger charge is 2.37. The summed E-state index contributed by atoms with van der Waals surface area (Å²) in [6, 6.07) is 3.90. The Kier molecular flexibility index (Phi) is 4.83. The zero-order valence-electron chi connectivity index (χ0n) is 11.6. The number of esters is 1. The van der Waals surface area contributed by atoms with Gasteiger partial charge in [-0.15, -0.1) is 0 Å². The van der Waals surface area contributed by atoms with E-state index in [0.29, 0.717) is 5.56 Å². The molecular formula is C14H18FNO4. The van der Waals surface area contributed by atoms with Crippen LogP contribution in [-0.4, -0.2) is 22.6 Å². The summed E-state index contributed by atoms with van der Waals surface area (Å²) in [5.41, 5.74) is 5.35. The molecule has 0 spiro atoms. The molecule has 20 heavy (non-hydrogen) atoms. The van der Waals surface area contributed by atoms with Crippen LogP contribution in [0, 0.1) is 11.7 Å². The molecule has 0 saturated heterocycles. The van der Waals surface area contributed by atoms with E-state index < -0.39 is 35.3 Å². The summed E-state index contributed by atoms with van der Waals surface area (Å²) in [5.74, 6) is -4.30. The van der Waals surface area contributed by atoms with Crippen molar-refractivity contribution in [2.45, 2.75) is 32.4 Å². The Labute approximate surface area is 116 Å². The first kappa shape index (κ1) is 16.1. The summed E-state index contributed by atoms with van der Waals surface area (Å²) in [6.07, 6.45) is 0. The van der Waals surface area contributed by atoms with Gasteiger partial charge in [0.15, 0.2) is 5.92 Å². The summed E-state index contributed by atoms with van der Waals surface area (Å²) in [4.78, 5) is 23.2. The summed E-state index contributed by atoms with van der Waals surface area (Å²) in [6.45, 7) is 4.90. The molecule has 1 rings (SSSR count). The Morgan fingerprint density at radius 1 is 1.25 bits per heavy atom. The number of carbonyl (C=O) groups is 2. The minimum atomic E-state index is -1.54. The van der Waals surface area contributed by atoms with Gasteiger partial charge in [-0.25, -0.2) is 4.39 Å². The first-order valence-electron chi connectivity index (χ1n) is 6.08. The minimum Gasteiger partial charge on any atom is -0.481 e.